The SMILES string of the molecule is CCCC[C@H](NC(=S)[C@H](CCCC)NC(=O)OCc1ccccc1)C(=O)OC. The van der Waals surface area contributed by atoms with Gasteiger partial charge < -0.3 is 20.1 Å². The fourth-order valence-electron chi connectivity index (χ4n) is 2.66. The molecule has 0 spiro atoms. The molecule has 0 radical (unpaired) electrons. The molecule has 1 amide bonds. The van der Waals surface area contributed by atoms with Gasteiger partial charge in [-0.05, 0) is 18.4 Å². The van der Waals surface area contributed by atoms with E-state index < -0.39 is 18.2 Å². The number of ether oxygens (including phenoxy) is 2. The molecule has 7 heteroatoms. The van der Waals surface area contributed by atoms with Crippen LogP contribution in [0.1, 0.15) is 57.9 Å². The van der Waals surface area contributed by atoms with Crippen molar-refractivity contribution in [3.63, 3.8) is 0 Å². The molecule has 0 saturated carbocycles. The number of carbonyl (C=O) groups is 2. The molecule has 0 aliphatic carbocycles. The maximum absolute atomic E-state index is 12.2. The Balaban J connectivity index is 2.66. The van der Waals surface area contributed by atoms with Crippen molar-refractivity contribution in [2.24, 2.45) is 0 Å². The van der Waals surface area contributed by atoms with Gasteiger partial charge in [-0.3, -0.25) is 0 Å². The number of esters is 1. The van der Waals surface area contributed by atoms with Crippen molar-refractivity contribution < 1.29 is 19.1 Å². The Morgan fingerprint density at radius 2 is 1.61 bits per heavy atom. The van der Waals surface area contributed by atoms with Crippen LogP contribution in [0.15, 0.2) is 30.3 Å². The van der Waals surface area contributed by atoms with Crippen LogP contribution in [-0.4, -0.2) is 36.2 Å². The Bertz CT molecular complexity index is 610. The van der Waals surface area contributed by atoms with Crippen LogP contribution in [0.3, 0.4) is 0 Å². The van der Waals surface area contributed by atoms with Gasteiger partial charge in [0.15, 0.2) is 0 Å². The first-order valence-electron chi connectivity index (χ1n) is 9.87. The smallest absolute Gasteiger partial charge is 0.408 e. The topological polar surface area (TPSA) is 76.7 Å². The molecule has 0 bridgehead atoms. The molecule has 0 aliphatic rings. The number of nitrogens with one attached hydrogen (secondary N) is 2. The molecule has 2 N–H and O–H groups in total. The van der Waals surface area contributed by atoms with Crippen LogP contribution in [0.5, 0.6) is 0 Å². The van der Waals surface area contributed by atoms with Gasteiger partial charge in [-0.1, -0.05) is 82.1 Å². The zero-order chi connectivity index (χ0) is 20.8. The number of carbonyl (C=O) groups excluding carboxylic acids is 2. The van der Waals surface area contributed by atoms with Gasteiger partial charge in [0.25, 0.3) is 0 Å². The molecule has 2 atom stereocenters. The van der Waals surface area contributed by atoms with Crippen molar-refractivity contribution in [2.75, 3.05) is 7.11 Å². The minimum Gasteiger partial charge on any atom is -0.467 e. The zero-order valence-electron chi connectivity index (χ0n) is 17.0. The Morgan fingerprint density at radius 1 is 1.00 bits per heavy atom. The minimum atomic E-state index is -0.530. The summed E-state index contributed by atoms with van der Waals surface area (Å²) in [4.78, 5) is 24.7. The summed E-state index contributed by atoms with van der Waals surface area (Å²) in [5.41, 5.74) is 0.911. The lowest BCUT2D eigenvalue weighted by Gasteiger charge is -2.24. The summed E-state index contributed by atoms with van der Waals surface area (Å²) in [6.45, 7) is 4.31. The summed E-state index contributed by atoms with van der Waals surface area (Å²) in [5.74, 6) is -0.350. The number of amides is 1. The number of rotatable bonds is 12. The Morgan fingerprint density at radius 3 is 2.18 bits per heavy atom. The van der Waals surface area contributed by atoms with Crippen molar-refractivity contribution in [1.29, 1.82) is 0 Å². The molecule has 28 heavy (non-hydrogen) atoms. The molecule has 0 heterocycles. The number of thiocarbonyl (C=S) groups is 1. The number of unbranched alkanes of at least 4 members (excludes halogenated alkanes) is 2. The van der Waals surface area contributed by atoms with Crippen LogP contribution in [0, 0.1) is 0 Å². The third-order valence-corrected chi connectivity index (χ3v) is 4.72. The highest BCUT2D eigenvalue weighted by atomic mass is 32.1. The maximum Gasteiger partial charge on any atom is 0.408 e. The van der Waals surface area contributed by atoms with Crippen LogP contribution >= 0.6 is 12.2 Å². The van der Waals surface area contributed by atoms with E-state index in [1.807, 2.05) is 30.3 Å². The molecule has 0 aromatic heterocycles. The van der Waals surface area contributed by atoms with Crippen molar-refractivity contribution in [2.45, 2.75) is 71.1 Å². The summed E-state index contributed by atoms with van der Waals surface area (Å²) >= 11 is 5.49. The number of methoxy groups -OCH3 is 1. The minimum absolute atomic E-state index is 0.189. The molecular formula is C21H32N2O4S. The van der Waals surface area contributed by atoms with E-state index in [0.717, 1.165) is 31.2 Å². The normalized spacial score (nSPS) is 12.5. The van der Waals surface area contributed by atoms with E-state index in [1.54, 1.807) is 0 Å². The molecule has 0 unspecified atom stereocenters. The zero-order valence-corrected chi connectivity index (χ0v) is 17.8. The summed E-state index contributed by atoms with van der Waals surface area (Å²) in [5, 5.41) is 5.90. The molecule has 6 nitrogen and oxygen atoms in total. The first-order valence-corrected chi connectivity index (χ1v) is 10.3. The average molecular weight is 409 g/mol. The summed E-state index contributed by atoms with van der Waals surface area (Å²) in [6.07, 6.45) is 4.47. The molecule has 156 valence electrons. The third-order valence-electron chi connectivity index (χ3n) is 4.32. The lowest BCUT2D eigenvalue weighted by atomic mass is 10.1. The van der Waals surface area contributed by atoms with Gasteiger partial charge in [0, 0.05) is 0 Å². The van der Waals surface area contributed by atoms with E-state index >= 15 is 0 Å². The number of hydrogen-bond acceptors (Lipinski definition) is 5. The van der Waals surface area contributed by atoms with E-state index in [2.05, 4.69) is 24.5 Å². The molecule has 1 rings (SSSR count). The monoisotopic (exact) mass is 408 g/mol. The van der Waals surface area contributed by atoms with Crippen LogP contribution in [0.25, 0.3) is 0 Å². The number of alkyl carbamates (subject to hydrolysis) is 1. The standard InChI is InChI=1S/C21H32N2O4S/c1-4-6-13-17(19(28)22-18(14-7-5-2)20(24)26-3)23-21(25)27-15-16-11-9-8-10-12-16/h8-12,17-18H,4-7,13-15H2,1-3H3,(H,22,28)(H,23,25)/t17-,18-/m0/s1. The van der Waals surface area contributed by atoms with E-state index in [1.165, 1.54) is 7.11 Å². The Labute approximate surface area is 173 Å². The van der Waals surface area contributed by atoms with Crippen LogP contribution in [0.4, 0.5) is 4.79 Å². The molecule has 1 aromatic rings. The van der Waals surface area contributed by atoms with Gasteiger partial charge in [0.1, 0.15) is 12.6 Å². The van der Waals surface area contributed by atoms with Crippen molar-refractivity contribution in [3.05, 3.63) is 35.9 Å². The second-order valence-electron chi connectivity index (χ2n) is 6.63. The predicted molar refractivity (Wildman–Crippen MR) is 114 cm³/mol. The molecule has 0 saturated heterocycles. The highest BCUT2D eigenvalue weighted by Gasteiger charge is 2.24. The van der Waals surface area contributed by atoms with Gasteiger partial charge >= 0.3 is 12.1 Å². The summed E-state index contributed by atoms with van der Waals surface area (Å²) in [6, 6.07) is 8.57. The molecule has 0 aliphatic heterocycles. The van der Waals surface area contributed by atoms with Crippen LogP contribution < -0.4 is 10.6 Å². The van der Waals surface area contributed by atoms with Gasteiger partial charge in [0.2, 0.25) is 0 Å². The van der Waals surface area contributed by atoms with E-state index in [4.69, 9.17) is 21.7 Å². The Hall–Kier alpha value is -2.15. The van der Waals surface area contributed by atoms with Gasteiger partial charge in [0.05, 0.1) is 18.1 Å². The fourth-order valence-corrected chi connectivity index (χ4v) is 2.97. The maximum atomic E-state index is 12.2. The fraction of sp³-hybridized carbons (Fsp3) is 0.571. The van der Waals surface area contributed by atoms with E-state index in [0.29, 0.717) is 17.8 Å². The molecule has 0 fully saturated rings. The third kappa shape index (κ3) is 9.17. The lowest BCUT2D eigenvalue weighted by Crippen LogP contribution is -2.51. The van der Waals surface area contributed by atoms with Crippen molar-refractivity contribution >= 4 is 29.3 Å². The van der Waals surface area contributed by atoms with Gasteiger partial charge in [-0.2, -0.15) is 0 Å². The van der Waals surface area contributed by atoms with E-state index in [-0.39, 0.29) is 12.6 Å². The van der Waals surface area contributed by atoms with Crippen molar-refractivity contribution in [3.8, 4) is 0 Å². The van der Waals surface area contributed by atoms with Crippen LogP contribution in [-0.2, 0) is 20.9 Å². The van der Waals surface area contributed by atoms with Gasteiger partial charge in [-0.25, -0.2) is 9.59 Å². The van der Waals surface area contributed by atoms with Crippen LogP contribution in [0.2, 0.25) is 0 Å². The molecule has 1 aromatic carbocycles. The second kappa shape index (κ2) is 13.9. The van der Waals surface area contributed by atoms with E-state index in [9.17, 15) is 9.59 Å². The Kier molecular flexibility index (Phi) is 11.9. The second-order valence-corrected chi connectivity index (χ2v) is 7.07. The predicted octanol–water partition coefficient (Wildman–Crippen LogP) is 4.12. The van der Waals surface area contributed by atoms with Gasteiger partial charge in [-0.15, -0.1) is 0 Å². The lowest BCUT2D eigenvalue weighted by molar-refractivity contribution is -0.142. The first-order chi connectivity index (χ1) is 13.5. The summed E-state index contributed by atoms with van der Waals surface area (Å²) in [7, 11) is 1.36. The molecular weight excluding hydrogens is 376 g/mol. The highest BCUT2D eigenvalue weighted by molar-refractivity contribution is 7.80. The number of benzene rings is 1. The van der Waals surface area contributed by atoms with Crippen molar-refractivity contribution in [1.82, 2.24) is 10.6 Å². The summed E-state index contributed by atoms with van der Waals surface area (Å²) < 4.78 is 10.2. The largest absolute Gasteiger partial charge is 0.467 e. The first kappa shape index (κ1) is 23.9. The average Bonchev–Trinajstić information content (AvgIpc) is 2.72. The number of hydrogen-bond donors (Lipinski definition) is 2. The highest BCUT2D eigenvalue weighted by Crippen LogP contribution is 2.08. The quantitative estimate of drug-likeness (QED) is 0.400.